The predicted molar refractivity (Wildman–Crippen MR) is 47.2 cm³/mol. The van der Waals surface area contributed by atoms with Gasteiger partial charge < -0.3 is 10.0 Å². The number of nitrogens with zero attached hydrogens (tertiary/aromatic N) is 1. The molecule has 1 aliphatic heterocycles. The molecular formula is C10H16F2KNO. The predicted octanol–water partition coefficient (Wildman–Crippen LogP) is -2.14. The van der Waals surface area contributed by atoms with Crippen molar-refractivity contribution in [3.05, 3.63) is 0 Å². The normalized spacial score (nSPS) is 28.2. The number of piperidine rings is 1. The number of halogens is 2. The zero-order chi connectivity index (χ0) is 10.2. The molecule has 15 heavy (non-hydrogen) atoms. The summed E-state index contributed by atoms with van der Waals surface area (Å²) >= 11 is 0. The van der Waals surface area contributed by atoms with Gasteiger partial charge in [-0.25, -0.2) is 8.78 Å². The molecule has 0 bridgehead atoms. The molecule has 2 fully saturated rings. The first-order chi connectivity index (χ1) is 6.55. The Balaban J connectivity index is 0.00000112. The van der Waals surface area contributed by atoms with Gasteiger partial charge in [-0.1, -0.05) is 0 Å². The molecule has 0 aromatic rings. The maximum Gasteiger partial charge on any atom is 1.00 e. The molecule has 1 saturated heterocycles. The summed E-state index contributed by atoms with van der Waals surface area (Å²) in [5.41, 5.74) is -0.0490. The van der Waals surface area contributed by atoms with Crippen molar-refractivity contribution in [1.82, 2.24) is 4.90 Å². The van der Waals surface area contributed by atoms with Gasteiger partial charge in [0.25, 0.3) is 5.92 Å². The maximum atomic E-state index is 12.8. The van der Waals surface area contributed by atoms with Gasteiger partial charge in [-0.15, -0.1) is 6.61 Å². The van der Waals surface area contributed by atoms with Crippen molar-refractivity contribution in [2.24, 2.45) is 5.41 Å². The van der Waals surface area contributed by atoms with Crippen molar-refractivity contribution in [1.29, 1.82) is 0 Å². The molecule has 1 saturated carbocycles. The maximum absolute atomic E-state index is 12.8. The quantitative estimate of drug-likeness (QED) is 0.529. The van der Waals surface area contributed by atoms with Crippen molar-refractivity contribution < 1.29 is 65.3 Å². The number of hydrogen-bond donors (Lipinski definition) is 0. The largest absolute Gasteiger partial charge is 1.00 e. The molecular weight excluding hydrogens is 227 g/mol. The molecule has 1 heterocycles. The average molecular weight is 243 g/mol. The molecule has 2 rings (SSSR count). The first-order valence-electron chi connectivity index (χ1n) is 5.24. The third-order valence-electron chi connectivity index (χ3n) is 3.41. The van der Waals surface area contributed by atoms with Crippen LogP contribution >= 0.6 is 0 Å². The van der Waals surface area contributed by atoms with Crippen LogP contribution in [0.25, 0.3) is 0 Å². The number of hydrogen-bond acceptors (Lipinski definition) is 2. The molecule has 0 unspecified atom stereocenters. The molecule has 5 heteroatoms. The summed E-state index contributed by atoms with van der Waals surface area (Å²) in [7, 11) is 0. The fourth-order valence-corrected chi connectivity index (χ4v) is 2.04. The second-order valence-corrected chi connectivity index (χ2v) is 4.78. The van der Waals surface area contributed by atoms with E-state index in [0.29, 0.717) is 13.1 Å². The van der Waals surface area contributed by atoms with E-state index in [4.69, 9.17) is 0 Å². The van der Waals surface area contributed by atoms with Gasteiger partial charge in [-0.3, -0.25) is 0 Å². The second kappa shape index (κ2) is 5.37. The standard InChI is InChI=1S/C10H16F2NO.K/c11-10(12)3-5-13(6-4-10)7-9(8-14)1-2-9;/h1-8H2;/q-1;+1. The molecule has 0 amide bonds. The number of likely N-dealkylation sites (tertiary alicyclic amines) is 1. The SMILES string of the molecule is [K+].[O-]CC1(CN2CCC(F)(F)CC2)CC1. The van der Waals surface area contributed by atoms with Crippen LogP contribution in [-0.2, 0) is 0 Å². The molecule has 82 valence electrons. The molecule has 1 aliphatic carbocycles. The van der Waals surface area contributed by atoms with Crippen LogP contribution in [0.4, 0.5) is 8.78 Å². The Labute approximate surface area is 132 Å². The molecule has 0 N–H and O–H groups in total. The van der Waals surface area contributed by atoms with Crippen LogP contribution in [0, 0.1) is 5.41 Å². The van der Waals surface area contributed by atoms with Crippen LogP contribution in [0.3, 0.4) is 0 Å². The van der Waals surface area contributed by atoms with E-state index in [-0.39, 0.29) is 76.2 Å². The summed E-state index contributed by atoms with van der Waals surface area (Å²) in [6, 6.07) is 0. The second-order valence-electron chi connectivity index (χ2n) is 4.78. The van der Waals surface area contributed by atoms with Gasteiger partial charge in [-0.2, -0.15) is 0 Å². The number of alkyl halides is 2. The molecule has 0 atom stereocenters. The first kappa shape index (κ1) is 14.5. The Morgan fingerprint density at radius 3 is 2.00 bits per heavy atom. The zero-order valence-electron chi connectivity index (χ0n) is 9.27. The van der Waals surface area contributed by atoms with Crippen LogP contribution < -0.4 is 56.5 Å². The average Bonchev–Trinajstić information content (AvgIpc) is 2.90. The van der Waals surface area contributed by atoms with Gasteiger partial charge in [0.1, 0.15) is 0 Å². The van der Waals surface area contributed by atoms with E-state index >= 15 is 0 Å². The molecule has 0 spiro atoms. The van der Waals surface area contributed by atoms with Gasteiger partial charge in [-0.05, 0) is 18.3 Å². The summed E-state index contributed by atoms with van der Waals surface area (Å²) in [5.74, 6) is -2.47. The van der Waals surface area contributed by atoms with Crippen LogP contribution in [0.15, 0.2) is 0 Å². The van der Waals surface area contributed by atoms with Gasteiger partial charge in [0.2, 0.25) is 0 Å². The van der Waals surface area contributed by atoms with E-state index in [1.54, 1.807) is 0 Å². The molecule has 0 radical (unpaired) electrons. The van der Waals surface area contributed by atoms with Gasteiger partial charge in [0.15, 0.2) is 0 Å². The van der Waals surface area contributed by atoms with Crippen molar-refractivity contribution in [3.63, 3.8) is 0 Å². The van der Waals surface area contributed by atoms with Crippen LogP contribution in [0.2, 0.25) is 0 Å². The van der Waals surface area contributed by atoms with Crippen molar-refractivity contribution in [2.75, 3.05) is 26.2 Å². The van der Waals surface area contributed by atoms with Crippen molar-refractivity contribution in [2.45, 2.75) is 31.6 Å². The first-order valence-corrected chi connectivity index (χ1v) is 5.24. The Hall–Kier alpha value is 1.42. The monoisotopic (exact) mass is 243 g/mol. The van der Waals surface area contributed by atoms with Gasteiger partial charge >= 0.3 is 51.4 Å². The van der Waals surface area contributed by atoms with Gasteiger partial charge in [0, 0.05) is 32.5 Å². The Kier molecular flexibility index (Phi) is 5.19. The van der Waals surface area contributed by atoms with E-state index in [9.17, 15) is 13.9 Å². The van der Waals surface area contributed by atoms with E-state index in [2.05, 4.69) is 0 Å². The van der Waals surface area contributed by atoms with E-state index in [1.165, 1.54) is 0 Å². The van der Waals surface area contributed by atoms with Crippen molar-refractivity contribution in [3.8, 4) is 0 Å². The summed E-state index contributed by atoms with van der Waals surface area (Å²) in [4.78, 5) is 2.03. The Morgan fingerprint density at radius 2 is 1.60 bits per heavy atom. The minimum Gasteiger partial charge on any atom is -0.854 e. The van der Waals surface area contributed by atoms with Crippen LogP contribution in [0.1, 0.15) is 25.7 Å². The summed E-state index contributed by atoms with van der Waals surface area (Å²) in [6.45, 7) is 1.61. The summed E-state index contributed by atoms with van der Waals surface area (Å²) in [5, 5.41) is 10.8. The third kappa shape index (κ3) is 3.98. The fourth-order valence-electron chi connectivity index (χ4n) is 2.04. The minimum absolute atomic E-state index is 0. The van der Waals surface area contributed by atoms with Crippen LogP contribution in [-0.4, -0.2) is 37.1 Å². The third-order valence-corrected chi connectivity index (χ3v) is 3.41. The number of rotatable bonds is 3. The smallest absolute Gasteiger partial charge is 0.854 e. The van der Waals surface area contributed by atoms with E-state index < -0.39 is 5.92 Å². The van der Waals surface area contributed by atoms with Crippen LogP contribution in [0.5, 0.6) is 0 Å². The zero-order valence-corrected chi connectivity index (χ0v) is 12.4. The molecule has 0 aromatic heterocycles. The summed E-state index contributed by atoms with van der Waals surface area (Å²) < 4.78 is 25.6. The fraction of sp³-hybridized carbons (Fsp3) is 1.00. The Bertz CT molecular complexity index is 211. The minimum atomic E-state index is -2.47. The molecule has 2 aliphatic rings. The van der Waals surface area contributed by atoms with Gasteiger partial charge in [0.05, 0.1) is 0 Å². The molecule has 0 aromatic carbocycles. The molecule has 2 nitrogen and oxygen atoms in total. The Morgan fingerprint density at radius 1 is 1.07 bits per heavy atom. The van der Waals surface area contributed by atoms with E-state index in [0.717, 1.165) is 19.4 Å². The van der Waals surface area contributed by atoms with Crippen molar-refractivity contribution >= 4 is 0 Å². The van der Waals surface area contributed by atoms with E-state index in [1.807, 2.05) is 4.90 Å². The topological polar surface area (TPSA) is 26.3 Å². The summed E-state index contributed by atoms with van der Waals surface area (Å²) in [6.07, 6.45) is 1.90.